The minimum atomic E-state index is -2.12. The van der Waals surface area contributed by atoms with Gasteiger partial charge in [0.2, 0.25) is 0 Å². The van der Waals surface area contributed by atoms with Gasteiger partial charge in [0.1, 0.15) is 6.61 Å². The van der Waals surface area contributed by atoms with E-state index in [9.17, 15) is 4.79 Å². The predicted molar refractivity (Wildman–Crippen MR) is 120 cm³/mol. The average molecular weight is 435 g/mol. The molecule has 0 radical (unpaired) electrons. The van der Waals surface area contributed by atoms with Gasteiger partial charge in [-0.1, -0.05) is 32.8 Å². The molecule has 0 fully saturated rings. The molecule has 8 heteroatoms. The van der Waals surface area contributed by atoms with Crippen molar-refractivity contribution in [3.63, 3.8) is 0 Å². The van der Waals surface area contributed by atoms with Crippen LogP contribution in [0.15, 0.2) is 12.7 Å². The average Bonchev–Trinajstić information content (AvgIpc) is 2.51. The SMILES string of the molecule is C=CC(=O)OCCOCCC[Si](C)(CCCCC)O[Si](C)(C)O[Si](C)(C)C. The van der Waals surface area contributed by atoms with E-state index in [4.69, 9.17) is 17.7 Å². The van der Waals surface area contributed by atoms with E-state index in [-0.39, 0.29) is 6.61 Å². The Kier molecular flexibility index (Phi) is 12.9. The Bertz CT molecular complexity index is 438. The largest absolute Gasteiger partial charge is 0.460 e. The molecule has 0 saturated carbocycles. The zero-order valence-corrected chi connectivity index (χ0v) is 21.7. The zero-order chi connectivity index (χ0) is 21.0. The Hall–Kier alpha value is -0.259. The normalized spacial score (nSPS) is 14.6. The topological polar surface area (TPSA) is 54.0 Å². The van der Waals surface area contributed by atoms with Crippen molar-refractivity contribution in [1.29, 1.82) is 0 Å². The van der Waals surface area contributed by atoms with Crippen molar-refractivity contribution in [1.82, 2.24) is 0 Å². The van der Waals surface area contributed by atoms with Crippen molar-refractivity contribution in [2.24, 2.45) is 0 Å². The third kappa shape index (κ3) is 15.4. The molecule has 160 valence electrons. The second-order valence-electron chi connectivity index (χ2n) is 8.71. The molecule has 0 spiro atoms. The lowest BCUT2D eigenvalue weighted by atomic mass is 10.3. The molecule has 0 aliphatic carbocycles. The molecule has 0 amide bonds. The van der Waals surface area contributed by atoms with Crippen molar-refractivity contribution < 1.29 is 22.5 Å². The van der Waals surface area contributed by atoms with Gasteiger partial charge in [-0.15, -0.1) is 0 Å². The predicted octanol–water partition coefficient (Wildman–Crippen LogP) is 5.46. The van der Waals surface area contributed by atoms with Crippen LogP contribution < -0.4 is 0 Å². The van der Waals surface area contributed by atoms with Gasteiger partial charge in [-0.2, -0.15) is 0 Å². The number of ether oxygens (including phenoxy) is 2. The maximum Gasteiger partial charge on any atom is 0.330 e. The molecular formula is C19H42O5Si3. The molecular weight excluding hydrogens is 392 g/mol. The summed E-state index contributed by atoms with van der Waals surface area (Å²) >= 11 is 0. The van der Waals surface area contributed by atoms with Crippen molar-refractivity contribution in [2.45, 2.75) is 84.0 Å². The first-order valence-electron chi connectivity index (χ1n) is 10.2. The molecule has 0 aromatic heterocycles. The van der Waals surface area contributed by atoms with Gasteiger partial charge in [0.15, 0.2) is 16.6 Å². The van der Waals surface area contributed by atoms with Gasteiger partial charge in [-0.25, -0.2) is 4.79 Å². The molecule has 0 saturated heterocycles. The van der Waals surface area contributed by atoms with Crippen molar-refractivity contribution in [3.05, 3.63) is 12.7 Å². The molecule has 0 aliphatic heterocycles. The van der Waals surface area contributed by atoms with Crippen LogP contribution in [0.3, 0.4) is 0 Å². The highest BCUT2D eigenvalue weighted by molar-refractivity contribution is 6.87. The lowest BCUT2D eigenvalue weighted by Gasteiger charge is -2.39. The molecule has 5 nitrogen and oxygen atoms in total. The lowest BCUT2D eigenvalue weighted by Crippen LogP contribution is -2.52. The van der Waals surface area contributed by atoms with Crippen LogP contribution in [0.2, 0.25) is 51.4 Å². The third-order valence-electron chi connectivity index (χ3n) is 3.99. The summed E-state index contributed by atoms with van der Waals surface area (Å²) in [6.07, 6.45) is 5.85. The molecule has 0 aromatic rings. The molecule has 1 unspecified atom stereocenters. The van der Waals surface area contributed by atoms with Gasteiger partial charge in [0, 0.05) is 12.7 Å². The third-order valence-corrected chi connectivity index (χ3v) is 15.2. The fourth-order valence-corrected chi connectivity index (χ4v) is 17.4. The second-order valence-corrected chi connectivity index (χ2v) is 21.3. The number of rotatable bonds is 16. The summed E-state index contributed by atoms with van der Waals surface area (Å²) in [7, 11) is -5.56. The monoisotopic (exact) mass is 434 g/mol. The van der Waals surface area contributed by atoms with Crippen LogP contribution >= 0.6 is 0 Å². The Morgan fingerprint density at radius 3 is 2.07 bits per heavy atom. The highest BCUT2D eigenvalue weighted by Crippen LogP contribution is 2.28. The number of esters is 1. The van der Waals surface area contributed by atoms with Crippen molar-refractivity contribution >= 4 is 31.2 Å². The van der Waals surface area contributed by atoms with E-state index in [2.05, 4.69) is 52.8 Å². The Morgan fingerprint density at radius 2 is 1.52 bits per heavy atom. The van der Waals surface area contributed by atoms with Gasteiger partial charge in [-0.3, -0.25) is 0 Å². The highest BCUT2D eigenvalue weighted by atomic mass is 28.5. The fourth-order valence-electron chi connectivity index (χ4n) is 3.24. The summed E-state index contributed by atoms with van der Waals surface area (Å²) in [6, 6.07) is 2.26. The van der Waals surface area contributed by atoms with Crippen LogP contribution in [0.1, 0.15) is 32.6 Å². The quantitative estimate of drug-likeness (QED) is 0.140. The summed E-state index contributed by atoms with van der Waals surface area (Å²) in [4.78, 5) is 11.0. The van der Waals surface area contributed by atoms with Crippen LogP contribution in [0.25, 0.3) is 0 Å². The van der Waals surface area contributed by atoms with Gasteiger partial charge in [0.25, 0.3) is 0 Å². The van der Waals surface area contributed by atoms with E-state index in [0.29, 0.717) is 13.2 Å². The van der Waals surface area contributed by atoms with Gasteiger partial charge in [0.05, 0.1) is 6.61 Å². The maximum absolute atomic E-state index is 11.0. The van der Waals surface area contributed by atoms with Gasteiger partial charge >= 0.3 is 14.5 Å². The number of unbranched alkanes of at least 4 members (excludes halogenated alkanes) is 2. The van der Waals surface area contributed by atoms with Crippen molar-refractivity contribution in [2.75, 3.05) is 19.8 Å². The Balaban J connectivity index is 4.47. The van der Waals surface area contributed by atoms with Gasteiger partial charge < -0.3 is 17.7 Å². The number of hydrogen-bond donors (Lipinski definition) is 0. The van der Waals surface area contributed by atoms with E-state index in [0.717, 1.165) is 12.5 Å². The van der Waals surface area contributed by atoms with E-state index in [1.54, 1.807) is 0 Å². The lowest BCUT2D eigenvalue weighted by molar-refractivity contribution is -0.139. The number of carbonyl (C=O) groups is 1. The van der Waals surface area contributed by atoms with Crippen LogP contribution in [0.4, 0.5) is 0 Å². The first-order valence-corrected chi connectivity index (χ1v) is 19.2. The maximum atomic E-state index is 11.0. The van der Waals surface area contributed by atoms with Gasteiger partial charge in [-0.05, 0) is 57.8 Å². The molecule has 0 N–H and O–H groups in total. The van der Waals surface area contributed by atoms with E-state index >= 15 is 0 Å². The molecule has 0 heterocycles. The molecule has 1 atom stereocenters. The minimum absolute atomic E-state index is 0.274. The molecule has 0 rings (SSSR count). The summed E-state index contributed by atoms with van der Waals surface area (Å²) in [5.41, 5.74) is 0. The van der Waals surface area contributed by atoms with E-state index < -0.39 is 31.2 Å². The van der Waals surface area contributed by atoms with E-state index in [1.165, 1.54) is 31.4 Å². The standard InChI is InChI=1S/C19H42O5Si3/c1-9-11-12-17-27(8,24-26(6,7)23-25(3,4)5)18-13-14-21-15-16-22-19(20)10-2/h10H,2,9,11-18H2,1,3-8H3. The second kappa shape index (κ2) is 13.1. The molecule has 27 heavy (non-hydrogen) atoms. The Morgan fingerprint density at radius 1 is 0.889 bits per heavy atom. The van der Waals surface area contributed by atoms with Crippen LogP contribution in [-0.4, -0.2) is 51.0 Å². The summed E-state index contributed by atoms with van der Waals surface area (Å²) in [5, 5.41) is 0. The van der Waals surface area contributed by atoms with Crippen molar-refractivity contribution in [3.8, 4) is 0 Å². The summed E-state index contributed by atoms with van der Waals surface area (Å²) in [6.45, 7) is 20.4. The van der Waals surface area contributed by atoms with E-state index in [1.807, 2.05) is 0 Å². The summed E-state index contributed by atoms with van der Waals surface area (Å²) in [5.74, 6) is -0.405. The number of carbonyl (C=O) groups excluding carboxylic acids is 1. The molecule has 0 aromatic carbocycles. The zero-order valence-electron chi connectivity index (χ0n) is 18.7. The summed E-state index contributed by atoms with van der Waals surface area (Å²) < 4.78 is 23.7. The fraction of sp³-hybridized carbons (Fsp3) is 0.842. The smallest absolute Gasteiger partial charge is 0.330 e. The number of hydrogen-bond acceptors (Lipinski definition) is 5. The first-order chi connectivity index (χ1) is 12.4. The first kappa shape index (κ1) is 26.7. The van der Waals surface area contributed by atoms with Crippen LogP contribution in [-0.2, 0) is 22.5 Å². The minimum Gasteiger partial charge on any atom is -0.460 e. The van der Waals surface area contributed by atoms with Crippen LogP contribution in [0, 0.1) is 0 Å². The molecule has 0 aliphatic rings. The molecule has 0 bridgehead atoms. The Labute approximate surface area is 170 Å². The van der Waals surface area contributed by atoms with Crippen LogP contribution in [0.5, 0.6) is 0 Å². The highest BCUT2D eigenvalue weighted by Gasteiger charge is 2.39.